The lowest BCUT2D eigenvalue weighted by Crippen LogP contribution is -2.33. The fourth-order valence-corrected chi connectivity index (χ4v) is 4.05. The highest BCUT2D eigenvalue weighted by molar-refractivity contribution is 6.27. The second-order valence-electron chi connectivity index (χ2n) is 8.75. The number of nitrogens with one attached hydrogen (secondary N) is 1. The average Bonchev–Trinajstić information content (AvgIpc) is 3.17. The molecule has 0 radical (unpaired) electrons. The number of rotatable bonds is 5. The molecule has 13 heteroatoms. The van der Waals surface area contributed by atoms with E-state index in [4.69, 9.17) is 4.74 Å². The Kier molecular flexibility index (Phi) is 6.05. The van der Waals surface area contributed by atoms with Crippen LogP contribution in [0.4, 0.5) is 29.3 Å². The summed E-state index contributed by atoms with van der Waals surface area (Å²) < 4.78 is 45.5. The first-order chi connectivity index (χ1) is 18.0. The largest absolute Gasteiger partial charge is 0.437 e. The number of aromatic nitrogens is 4. The Bertz CT molecular complexity index is 1640. The zero-order chi connectivity index (χ0) is 27.2. The molecule has 0 aliphatic carbocycles. The van der Waals surface area contributed by atoms with E-state index in [1.165, 1.54) is 24.5 Å². The van der Waals surface area contributed by atoms with Crippen molar-refractivity contribution in [2.24, 2.45) is 0 Å². The second-order valence-corrected chi connectivity index (χ2v) is 8.75. The minimum atomic E-state index is -4.59. The molecule has 3 amide bonds. The summed E-state index contributed by atoms with van der Waals surface area (Å²) in [6.45, 7) is 3.34. The van der Waals surface area contributed by atoms with Crippen molar-refractivity contribution in [3.63, 3.8) is 0 Å². The van der Waals surface area contributed by atoms with E-state index in [1.807, 2.05) is 13.8 Å². The van der Waals surface area contributed by atoms with Gasteiger partial charge in [0, 0.05) is 5.69 Å². The summed E-state index contributed by atoms with van der Waals surface area (Å²) in [7, 11) is 0. The molecule has 194 valence electrons. The molecule has 4 aromatic rings. The number of anilines is 2. The molecule has 0 bridgehead atoms. The third-order valence-electron chi connectivity index (χ3n) is 5.87. The van der Waals surface area contributed by atoms with E-state index in [1.54, 1.807) is 12.1 Å². The number of carbonyl (C=O) groups excluding carboxylic acids is 2. The first-order valence-corrected chi connectivity index (χ1v) is 11.4. The number of nitrogens with zero attached hydrogens (tertiary/aromatic N) is 5. The van der Waals surface area contributed by atoms with Crippen LogP contribution >= 0.6 is 0 Å². The Balaban J connectivity index is 1.47. The predicted octanol–water partition coefficient (Wildman–Crippen LogP) is 4.62. The summed E-state index contributed by atoms with van der Waals surface area (Å²) >= 11 is 0. The van der Waals surface area contributed by atoms with Crippen molar-refractivity contribution >= 4 is 34.5 Å². The lowest BCUT2D eigenvalue weighted by atomic mass is 10.0. The number of ether oxygens (including phenoxy) is 1. The van der Waals surface area contributed by atoms with Crippen molar-refractivity contribution in [1.82, 2.24) is 19.9 Å². The van der Waals surface area contributed by atoms with Crippen molar-refractivity contribution in [3.05, 3.63) is 76.5 Å². The van der Waals surface area contributed by atoms with Gasteiger partial charge in [0.15, 0.2) is 11.2 Å². The molecule has 1 saturated heterocycles. The van der Waals surface area contributed by atoms with Gasteiger partial charge in [0.05, 0.1) is 17.4 Å². The molecule has 2 aromatic carbocycles. The highest BCUT2D eigenvalue weighted by Gasteiger charge is 2.39. The number of hydrogen-bond acceptors (Lipinski definition) is 7. The zero-order valence-corrected chi connectivity index (χ0v) is 20.0. The van der Waals surface area contributed by atoms with Crippen LogP contribution in [-0.4, -0.2) is 38.4 Å². The number of aromatic amines is 1. The summed E-state index contributed by atoms with van der Waals surface area (Å²) in [6.07, 6.45) is -2.31. The minimum Gasteiger partial charge on any atom is -0.437 e. The highest BCUT2D eigenvalue weighted by Crippen LogP contribution is 2.37. The van der Waals surface area contributed by atoms with Gasteiger partial charge in [-0.2, -0.15) is 18.2 Å². The van der Waals surface area contributed by atoms with Gasteiger partial charge in [-0.3, -0.25) is 14.5 Å². The minimum absolute atomic E-state index is 0.0362. The Hall–Kier alpha value is -4.81. The number of hydrogen-bond donors (Lipinski definition) is 1. The number of H-pyrrole nitrogens is 1. The van der Waals surface area contributed by atoms with Gasteiger partial charge >= 0.3 is 12.2 Å². The number of carbonyl (C=O) groups is 2. The van der Waals surface area contributed by atoms with Gasteiger partial charge in [0.25, 0.3) is 17.3 Å². The maximum absolute atomic E-state index is 13.2. The Morgan fingerprint density at radius 1 is 1.00 bits per heavy atom. The van der Waals surface area contributed by atoms with E-state index in [2.05, 4.69) is 19.9 Å². The van der Waals surface area contributed by atoms with Crippen molar-refractivity contribution < 1.29 is 27.5 Å². The molecule has 1 aliphatic heterocycles. The van der Waals surface area contributed by atoms with E-state index in [-0.39, 0.29) is 34.3 Å². The standard InChI is InChI=1S/C25H19F3N6O4/c1-13(2)17-9-16(6-7-18(17)38-23-21-22(30-12-31-23)32-19(35)10-29-21)34-20(36)11-33(24(34)37)15-5-3-4-14(8-15)25(26,27)28/h3-10,12-13H,11H2,1-2H3,(H,30,31,32,35). The normalized spacial score (nSPS) is 14.2. The van der Waals surface area contributed by atoms with Gasteiger partial charge in [-0.25, -0.2) is 19.7 Å². The predicted molar refractivity (Wildman–Crippen MR) is 130 cm³/mol. The van der Waals surface area contributed by atoms with E-state index >= 15 is 0 Å². The number of benzene rings is 2. The van der Waals surface area contributed by atoms with Gasteiger partial charge in [-0.15, -0.1) is 0 Å². The summed E-state index contributed by atoms with van der Waals surface area (Å²) in [4.78, 5) is 54.1. The van der Waals surface area contributed by atoms with Gasteiger partial charge < -0.3 is 9.72 Å². The molecule has 3 heterocycles. The van der Waals surface area contributed by atoms with E-state index in [9.17, 15) is 27.6 Å². The molecular weight excluding hydrogens is 505 g/mol. The van der Waals surface area contributed by atoms with Gasteiger partial charge in [0.2, 0.25) is 0 Å². The molecule has 38 heavy (non-hydrogen) atoms. The smallest absolute Gasteiger partial charge is 0.416 e. The molecule has 1 N–H and O–H groups in total. The van der Waals surface area contributed by atoms with Crippen LogP contribution in [0.15, 0.2) is 59.8 Å². The molecule has 0 spiro atoms. The van der Waals surface area contributed by atoms with E-state index < -0.39 is 35.8 Å². The fraction of sp³-hybridized carbons (Fsp3) is 0.200. The molecule has 0 unspecified atom stereocenters. The Morgan fingerprint density at radius 2 is 1.79 bits per heavy atom. The first-order valence-electron chi connectivity index (χ1n) is 11.4. The molecular formula is C25H19F3N6O4. The molecule has 5 rings (SSSR count). The van der Waals surface area contributed by atoms with Crippen molar-refractivity contribution in [2.45, 2.75) is 25.9 Å². The number of urea groups is 1. The Morgan fingerprint density at radius 3 is 2.53 bits per heavy atom. The molecule has 10 nitrogen and oxygen atoms in total. The van der Waals surface area contributed by atoms with E-state index in [0.717, 1.165) is 28.1 Å². The van der Waals surface area contributed by atoms with Crippen LogP contribution in [0.2, 0.25) is 0 Å². The van der Waals surface area contributed by atoms with Crippen LogP contribution < -0.4 is 20.1 Å². The fourth-order valence-electron chi connectivity index (χ4n) is 4.05. The van der Waals surface area contributed by atoms with Gasteiger partial charge in [-0.1, -0.05) is 19.9 Å². The lowest BCUT2D eigenvalue weighted by Gasteiger charge is -2.20. The number of alkyl halides is 3. The summed E-state index contributed by atoms with van der Waals surface area (Å²) in [5.41, 5.74) is -0.120. The maximum Gasteiger partial charge on any atom is 0.416 e. The van der Waals surface area contributed by atoms with Crippen LogP contribution in [0.25, 0.3) is 11.2 Å². The third kappa shape index (κ3) is 4.53. The molecule has 1 fully saturated rings. The maximum atomic E-state index is 13.2. The third-order valence-corrected chi connectivity index (χ3v) is 5.87. The number of fused-ring (bicyclic) bond motifs is 1. The van der Waals surface area contributed by atoms with E-state index in [0.29, 0.717) is 11.3 Å². The van der Waals surface area contributed by atoms with Gasteiger partial charge in [-0.05, 0) is 47.9 Å². The molecule has 0 saturated carbocycles. The van der Waals surface area contributed by atoms with Crippen LogP contribution in [0.1, 0.15) is 30.9 Å². The average molecular weight is 524 g/mol. The molecule has 1 aliphatic rings. The highest BCUT2D eigenvalue weighted by atomic mass is 19.4. The SMILES string of the molecule is CC(C)c1cc(N2C(=O)CN(c3cccc(C(F)(F)F)c3)C2=O)ccc1Oc1ncnc2[nH]c(=O)cnc12. The number of halogens is 3. The molecule has 2 aromatic heterocycles. The van der Waals surface area contributed by atoms with Crippen LogP contribution in [0.3, 0.4) is 0 Å². The van der Waals surface area contributed by atoms with Crippen molar-refractivity contribution in [1.29, 1.82) is 0 Å². The van der Waals surface area contributed by atoms with Crippen molar-refractivity contribution in [3.8, 4) is 11.6 Å². The number of amides is 3. The number of imide groups is 1. The summed E-state index contributed by atoms with van der Waals surface area (Å²) in [5.74, 6) is -0.264. The summed E-state index contributed by atoms with van der Waals surface area (Å²) in [5, 5.41) is 0. The van der Waals surface area contributed by atoms with Crippen LogP contribution in [-0.2, 0) is 11.0 Å². The van der Waals surface area contributed by atoms with Crippen molar-refractivity contribution in [2.75, 3.05) is 16.3 Å². The van der Waals surface area contributed by atoms with Crippen LogP contribution in [0.5, 0.6) is 11.6 Å². The Labute approximate surface area is 212 Å². The molecule has 0 atom stereocenters. The first kappa shape index (κ1) is 24.9. The summed E-state index contributed by atoms with van der Waals surface area (Å²) in [6, 6.07) is 8.13. The van der Waals surface area contributed by atoms with Crippen LogP contribution in [0, 0.1) is 0 Å². The quantitative estimate of drug-likeness (QED) is 0.378. The topological polar surface area (TPSA) is 121 Å². The lowest BCUT2D eigenvalue weighted by molar-refractivity contribution is -0.137. The van der Waals surface area contributed by atoms with Gasteiger partial charge in [0.1, 0.15) is 18.6 Å². The monoisotopic (exact) mass is 524 g/mol. The second kappa shape index (κ2) is 9.25. The zero-order valence-electron chi connectivity index (χ0n) is 20.0.